The van der Waals surface area contributed by atoms with Crippen LogP contribution in [0.5, 0.6) is 5.75 Å². The number of hydrogen-bond donors (Lipinski definition) is 0. The van der Waals surface area contributed by atoms with Crippen molar-refractivity contribution in [3.63, 3.8) is 0 Å². The van der Waals surface area contributed by atoms with Gasteiger partial charge in [-0.1, -0.05) is 24.3 Å². The molecule has 98 valence electrons. The molecule has 2 aromatic carbocycles. The lowest BCUT2D eigenvalue weighted by molar-refractivity contribution is 0.0601. The molecular formula is C16H16O3. The predicted molar refractivity (Wildman–Crippen MR) is 74.4 cm³/mol. The minimum absolute atomic E-state index is 0.326. The highest BCUT2D eigenvalue weighted by Crippen LogP contribution is 2.23. The van der Waals surface area contributed by atoms with Gasteiger partial charge in [0.1, 0.15) is 5.75 Å². The van der Waals surface area contributed by atoms with E-state index in [-0.39, 0.29) is 5.97 Å². The van der Waals surface area contributed by atoms with E-state index in [4.69, 9.17) is 9.47 Å². The minimum atomic E-state index is -0.326. The zero-order chi connectivity index (χ0) is 13.7. The van der Waals surface area contributed by atoms with Crippen molar-refractivity contribution in [2.24, 2.45) is 0 Å². The molecule has 2 aromatic rings. The number of methoxy groups -OCH3 is 1. The van der Waals surface area contributed by atoms with Gasteiger partial charge in [0.2, 0.25) is 0 Å². The molecule has 0 heterocycles. The summed E-state index contributed by atoms with van der Waals surface area (Å²) in [6.07, 6.45) is 0. The molecule has 0 N–H and O–H groups in total. The fourth-order valence-corrected chi connectivity index (χ4v) is 1.85. The van der Waals surface area contributed by atoms with E-state index in [2.05, 4.69) is 0 Å². The Balaban J connectivity index is 2.28. The number of hydrogen-bond acceptors (Lipinski definition) is 3. The van der Waals surface area contributed by atoms with Crippen LogP contribution in [0.3, 0.4) is 0 Å². The molecule has 0 bridgehead atoms. The first-order chi connectivity index (χ1) is 9.24. The first kappa shape index (κ1) is 13.1. The standard InChI is InChI=1S/C16H16O3/c1-3-19-15-9-7-12(8-10-15)13-5-4-6-14(11-13)16(17)18-2/h4-11H,3H2,1-2H3. The van der Waals surface area contributed by atoms with Crippen molar-refractivity contribution in [2.45, 2.75) is 6.92 Å². The quantitative estimate of drug-likeness (QED) is 0.785. The maximum atomic E-state index is 11.5. The van der Waals surface area contributed by atoms with Crippen LogP contribution in [0.25, 0.3) is 11.1 Å². The molecule has 0 aliphatic carbocycles. The topological polar surface area (TPSA) is 35.5 Å². The van der Waals surface area contributed by atoms with E-state index in [9.17, 15) is 4.79 Å². The van der Waals surface area contributed by atoms with Crippen LogP contribution in [0, 0.1) is 0 Å². The van der Waals surface area contributed by atoms with Crippen LogP contribution < -0.4 is 4.74 Å². The van der Waals surface area contributed by atoms with E-state index < -0.39 is 0 Å². The van der Waals surface area contributed by atoms with Gasteiger partial charge in [0.05, 0.1) is 19.3 Å². The zero-order valence-electron chi connectivity index (χ0n) is 11.1. The van der Waals surface area contributed by atoms with Crippen LogP contribution >= 0.6 is 0 Å². The maximum Gasteiger partial charge on any atom is 0.337 e. The first-order valence-electron chi connectivity index (χ1n) is 6.16. The summed E-state index contributed by atoms with van der Waals surface area (Å²) in [5, 5.41) is 0. The third-order valence-electron chi connectivity index (χ3n) is 2.78. The van der Waals surface area contributed by atoms with Crippen LogP contribution in [0.4, 0.5) is 0 Å². The fourth-order valence-electron chi connectivity index (χ4n) is 1.85. The molecule has 0 spiro atoms. The Morgan fingerprint density at radius 1 is 1.05 bits per heavy atom. The molecule has 19 heavy (non-hydrogen) atoms. The molecule has 0 amide bonds. The van der Waals surface area contributed by atoms with E-state index in [1.807, 2.05) is 49.4 Å². The van der Waals surface area contributed by atoms with Crippen molar-refractivity contribution in [3.05, 3.63) is 54.1 Å². The fraction of sp³-hybridized carbons (Fsp3) is 0.188. The van der Waals surface area contributed by atoms with Gasteiger partial charge in [-0.05, 0) is 42.3 Å². The average Bonchev–Trinajstić information content (AvgIpc) is 2.48. The van der Waals surface area contributed by atoms with Crippen LogP contribution in [0.15, 0.2) is 48.5 Å². The second-order valence-electron chi connectivity index (χ2n) is 4.03. The Hall–Kier alpha value is -2.29. The molecule has 0 unspecified atom stereocenters. The Bertz CT molecular complexity index is 558. The Kier molecular flexibility index (Phi) is 4.18. The monoisotopic (exact) mass is 256 g/mol. The van der Waals surface area contributed by atoms with Crippen molar-refractivity contribution in [2.75, 3.05) is 13.7 Å². The van der Waals surface area contributed by atoms with E-state index in [0.717, 1.165) is 16.9 Å². The lowest BCUT2D eigenvalue weighted by Gasteiger charge is -2.06. The lowest BCUT2D eigenvalue weighted by atomic mass is 10.0. The predicted octanol–water partition coefficient (Wildman–Crippen LogP) is 3.54. The largest absolute Gasteiger partial charge is 0.494 e. The van der Waals surface area contributed by atoms with Crippen molar-refractivity contribution in [3.8, 4) is 16.9 Å². The van der Waals surface area contributed by atoms with Crippen LogP contribution in [-0.4, -0.2) is 19.7 Å². The van der Waals surface area contributed by atoms with Gasteiger partial charge < -0.3 is 9.47 Å². The zero-order valence-corrected chi connectivity index (χ0v) is 11.1. The molecule has 0 radical (unpaired) electrons. The Labute approximate surface area is 112 Å². The molecule has 3 nitrogen and oxygen atoms in total. The van der Waals surface area contributed by atoms with Crippen LogP contribution in [0.2, 0.25) is 0 Å². The summed E-state index contributed by atoms with van der Waals surface area (Å²) in [6.45, 7) is 2.60. The van der Waals surface area contributed by atoms with Gasteiger partial charge in [-0.25, -0.2) is 4.79 Å². The highest BCUT2D eigenvalue weighted by Gasteiger charge is 2.06. The summed E-state index contributed by atoms with van der Waals surface area (Å²) in [7, 11) is 1.38. The van der Waals surface area contributed by atoms with E-state index >= 15 is 0 Å². The number of carbonyl (C=O) groups excluding carboxylic acids is 1. The highest BCUT2D eigenvalue weighted by molar-refractivity contribution is 5.90. The second-order valence-corrected chi connectivity index (χ2v) is 4.03. The molecule has 0 aromatic heterocycles. The minimum Gasteiger partial charge on any atom is -0.494 e. The molecule has 0 saturated carbocycles. The van der Waals surface area contributed by atoms with Crippen molar-refractivity contribution in [1.29, 1.82) is 0 Å². The molecule has 2 rings (SSSR count). The van der Waals surface area contributed by atoms with Crippen LogP contribution in [-0.2, 0) is 4.74 Å². The van der Waals surface area contributed by atoms with Gasteiger partial charge in [0, 0.05) is 0 Å². The van der Waals surface area contributed by atoms with Crippen LogP contribution in [0.1, 0.15) is 17.3 Å². The summed E-state index contributed by atoms with van der Waals surface area (Å²) in [4.78, 5) is 11.5. The Morgan fingerprint density at radius 3 is 2.42 bits per heavy atom. The molecule has 0 fully saturated rings. The van der Waals surface area contributed by atoms with E-state index in [1.54, 1.807) is 6.07 Å². The smallest absolute Gasteiger partial charge is 0.337 e. The molecule has 0 saturated heterocycles. The van der Waals surface area contributed by atoms with Gasteiger partial charge in [0.25, 0.3) is 0 Å². The van der Waals surface area contributed by atoms with Crippen molar-refractivity contribution >= 4 is 5.97 Å². The van der Waals surface area contributed by atoms with Gasteiger partial charge in [-0.15, -0.1) is 0 Å². The SMILES string of the molecule is CCOc1ccc(-c2cccc(C(=O)OC)c2)cc1. The highest BCUT2D eigenvalue weighted by atomic mass is 16.5. The first-order valence-corrected chi connectivity index (χ1v) is 6.16. The Morgan fingerprint density at radius 2 is 1.79 bits per heavy atom. The average molecular weight is 256 g/mol. The number of benzene rings is 2. The van der Waals surface area contributed by atoms with Gasteiger partial charge >= 0.3 is 5.97 Å². The van der Waals surface area contributed by atoms with E-state index in [1.165, 1.54) is 7.11 Å². The normalized spacial score (nSPS) is 10.0. The summed E-state index contributed by atoms with van der Waals surface area (Å²) in [5.74, 6) is 0.517. The summed E-state index contributed by atoms with van der Waals surface area (Å²) >= 11 is 0. The summed E-state index contributed by atoms with van der Waals surface area (Å²) in [5.41, 5.74) is 2.56. The number of rotatable bonds is 4. The second kappa shape index (κ2) is 6.05. The molecule has 0 atom stereocenters. The van der Waals surface area contributed by atoms with Gasteiger partial charge in [-0.2, -0.15) is 0 Å². The number of esters is 1. The number of carbonyl (C=O) groups is 1. The third kappa shape index (κ3) is 3.13. The summed E-state index contributed by atoms with van der Waals surface area (Å²) < 4.78 is 10.1. The molecule has 0 aliphatic heterocycles. The third-order valence-corrected chi connectivity index (χ3v) is 2.78. The summed E-state index contributed by atoms with van der Waals surface area (Å²) in [6, 6.07) is 15.2. The van der Waals surface area contributed by atoms with Gasteiger partial charge in [0.15, 0.2) is 0 Å². The lowest BCUT2D eigenvalue weighted by Crippen LogP contribution is -2.00. The number of ether oxygens (including phenoxy) is 2. The molecular weight excluding hydrogens is 240 g/mol. The maximum absolute atomic E-state index is 11.5. The molecule has 0 aliphatic rings. The molecule has 3 heteroatoms. The van der Waals surface area contributed by atoms with E-state index in [0.29, 0.717) is 12.2 Å². The van der Waals surface area contributed by atoms with Crippen molar-refractivity contribution in [1.82, 2.24) is 0 Å². The van der Waals surface area contributed by atoms with Crippen molar-refractivity contribution < 1.29 is 14.3 Å². The van der Waals surface area contributed by atoms with Gasteiger partial charge in [-0.3, -0.25) is 0 Å².